The van der Waals surface area contributed by atoms with Gasteiger partial charge in [0.1, 0.15) is 0 Å². The van der Waals surface area contributed by atoms with Gasteiger partial charge in [0.2, 0.25) is 5.91 Å². The van der Waals surface area contributed by atoms with Gasteiger partial charge >= 0.3 is 0 Å². The fourth-order valence-electron chi connectivity index (χ4n) is 1.64. The Hall–Kier alpha value is -0.770. The van der Waals surface area contributed by atoms with Crippen molar-refractivity contribution in [1.29, 1.82) is 0 Å². The number of hydrogen-bond donors (Lipinski definition) is 2. The highest BCUT2D eigenvalue weighted by atomic mass is 35.5. The van der Waals surface area contributed by atoms with Crippen LogP contribution in [0.4, 0.5) is 0 Å². The maximum Gasteiger partial charge on any atom is 0.226 e. The first-order chi connectivity index (χ1) is 7.66. The molecule has 5 heteroatoms. The summed E-state index contributed by atoms with van der Waals surface area (Å²) >= 11 is 5.81. The summed E-state index contributed by atoms with van der Waals surface area (Å²) in [6.07, 6.45) is 0. The molecule has 2 N–H and O–H groups in total. The molecule has 1 aromatic rings. The lowest BCUT2D eigenvalue weighted by Gasteiger charge is -2.27. The Morgan fingerprint density at radius 3 is 2.47 bits per heavy atom. The molecule has 0 radical (unpaired) electrons. The molecule has 1 aliphatic rings. The number of rotatable bonds is 3. The standard InChI is InChI=1S/C12H15ClN2O.ClH/c1-8(9-2-4-11(13)5-3-9)15-12(16)10-6-14-7-10;/h2-5,8,10,14H,6-7H2,1H3,(H,15,16);1H. The van der Waals surface area contributed by atoms with Crippen molar-refractivity contribution in [3.05, 3.63) is 34.9 Å². The predicted molar refractivity (Wildman–Crippen MR) is 71.6 cm³/mol. The van der Waals surface area contributed by atoms with Crippen molar-refractivity contribution in [3.63, 3.8) is 0 Å². The fourth-order valence-corrected chi connectivity index (χ4v) is 1.77. The van der Waals surface area contributed by atoms with Gasteiger partial charge in [-0.3, -0.25) is 4.79 Å². The molecule has 1 amide bonds. The predicted octanol–water partition coefficient (Wildman–Crippen LogP) is 2.16. The van der Waals surface area contributed by atoms with E-state index in [1.807, 2.05) is 31.2 Å². The fraction of sp³-hybridized carbons (Fsp3) is 0.417. The van der Waals surface area contributed by atoms with Crippen molar-refractivity contribution in [2.45, 2.75) is 13.0 Å². The third-order valence-corrected chi connectivity index (χ3v) is 3.13. The van der Waals surface area contributed by atoms with Gasteiger partial charge in [-0.1, -0.05) is 23.7 Å². The number of amides is 1. The Kier molecular flexibility index (Phi) is 5.25. The molecule has 1 aliphatic heterocycles. The summed E-state index contributed by atoms with van der Waals surface area (Å²) in [5, 5.41) is 6.79. The zero-order chi connectivity index (χ0) is 11.5. The Morgan fingerprint density at radius 2 is 2.00 bits per heavy atom. The summed E-state index contributed by atoms with van der Waals surface area (Å²) in [4.78, 5) is 11.7. The largest absolute Gasteiger partial charge is 0.349 e. The lowest BCUT2D eigenvalue weighted by atomic mass is 10.0. The van der Waals surface area contributed by atoms with Crippen molar-refractivity contribution in [2.75, 3.05) is 13.1 Å². The van der Waals surface area contributed by atoms with Crippen LogP contribution in [0.1, 0.15) is 18.5 Å². The summed E-state index contributed by atoms with van der Waals surface area (Å²) in [5.74, 6) is 0.260. The summed E-state index contributed by atoms with van der Waals surface area (Å²) < 4.78 is 0. The minimum absolute atomic E-state index is 0. The van der Waals surface area contributed by atoms with Gasteiger partial charge in [0.05, 0.1) is 12.0 Å². The zero-order valence-corrected chi connectivity index (χ0v) is 11.1. The lowest BCUT2D eigenvalue weighted by Crippen LogP contribution is -2.51. The Bertz CT molecular complexity index is 377. The summed E-state index contributed by atoms with van der Waals surface area (Å²) in [5.41, 5.74) is 1.07. The number of carbonyl (C=O) groups is 1. The van der Waals surface area contributed by atoms with Gasteiger partial charge in [-0.05, 0) is 24.6 Å². The van der Waals surface area contributed by atoms with Gasteiger partial charge in [-0.25, -0.2) is 0 Å². The van der Waals surface area contributed by atoms with Crippen molar-refractivity contribution in [2.24, 2.45) is 5.92 Å². The number of carbonyl (C=O) groups excluding carboxylic acids is 1. The maximum absolute atomic E-state index is 11.7. The number of halogens is 2. The number of benzene rings is 1. The molecule has 3 nitrogen and oxygen atoms in total. The molecule has 1 aromatic carbocycles. The van der Waals surface area contributed by atoms with E-state index in [1.165, 1.54) is 0 Å². The molecule has 1 unspecified atom stereocenters. The Balaban J connectivity index is 0.00000144. The third-order valence-electron chi connectivity index (χ3n) is 2.88. The van der Waals surface area contributed by atoms with E-state index in [2.05, 4.69) is 10.6 Å². The quantitative estimate of drug-likeness (QED) is 0.887. The lowest BCUT2D eigenvalue weighted by molar-refractivity contribution is -0.127. The third kappa shape index (κ3) is 3.60. The summed E-state index contributed by atoms with van der Waals surface area (Å²) in [6, 6.07) is 7.58. The second kappa shape index (κ2) is 6.24. The van der Waals surface area contributed by atoms with Crippen LogP contribution in [0, 0.1) is 5.92 Å². The monoisotopic (exact) mass is 274 g/mol. The minimum Gasteiger partial charge on any atom is -0.349 e. The SMILES string of the molecule is CC(NC(=O)C1CNC1)c1ccc(Cl)cc1.Cl. The molecular formula is C12H16Cl2N2O. The van der Waals surface area contributed by atoms with Gasteiger partial charge < -0.3 is 10.6 Å². The molecule has 1 saturated heterocycles. The van der Waals surface area contributed by atoms with E-state index in [4.69, 9.17) is 11.6 Å². The molecule has 2 rings (SSSR count). The smallest absolute Gasteiger partial charge is 0.226 e. The van der Waals surface area contributed by atoms with Crippen LogP contribution in [0.3, 0.4) is 0 Å². The molecule has 94 valence electrons. The average Bonchev–Trinajstić information content (AvgIpc) is 2.15. The average molecular weight is 275 g/mol. The van der Waals surface area contributed by atoms with E-state index in [9.17, 15) is 4.79 Å². The van der Waals surface area contributed by atoms with E-state index in [0.717, 1.165) is 18.7 Å². The second-order valence-corrected chi connectivity index (χ2v) is 4.57. The molecule has 1 fully saturated rings. The first kappa shape index (κ1) is 14.3. The van der Waals surface area contributed by atoms with Crippen LogP contribution in [-0.2, 0) is 4.79 Å². The molecule has 17 heavy (non-hydrogen) atoms. The van der Waals surface area contributed by atoms with Crippen molar-refractivity contribution >= 4 is 29.9 Å². The van der Waals surface area contributed by atoms with Crippen molar-refractivity contribution < 1.29 is 4.79 Å². The van der Waals surface area contributed by atoms with Crippen LogP contribution in [0.2, 0.25) is 5.02 Å². The first-order valence-electron chi connectivity index (χ1n) is 5.43. The van der Waals surface area contributed by atoms with E-state index in [1.54, 1.807) is 0 Å². The highest BCUT2D eigenvalue weighted by Crippen LogP contribution is 2.16. The van der Waals surface area contributed by atoms with Crippen LogP contribution in [-0.4, -0.2) is 19.0 Å². The van der Waals surface area contributed by atoms with Gasteiger partial charge in [0.15, 0.2) is 0 Å². The van der Waals surface area contributed by atoms with Crippen LogP contribution in [0.5, 0.6) is 0 Å². The van der Waals surface area contributed by atoms with Gasteiger partial charge in [0.25, 0.3) is 0 Å². The van der Waals surface area contributed by atoms with E-state index >= 15 is 0 Å². The summed E-state index contributed by atoms with van der Waals surface area (Å²) in [7, 11) is 0. The highest BCUT2D eigenvalue weighted by molar-refractivity contribution is 6.30. The van der Waals surface area contributed by atoms with Crippen LogP contribution in [0.25, 0.3) is 0 Å². The molecule has 0 bridgehead atoms. The Morgan fingerprint density at radius 1 is 1.41 bits per heavy atom. The van der Waals surface area contributed by atoms with Gasteiger partial charge in [0, 0.05) is 18.1 Å². The molecule has 1 heterocycles. The number of hydrogen-bond acceptors (Lipinski definition) is 2. The topological polar surface area (TPSA) is 41.1 Å². The van der Waals surface area contributed by atoms with Gasteiger partial charge in [-0.15, -0.1) is 12.4 Å². The van der Waals surface area contributed by atoms with Gasteiger partial charge in [-0.2, -0.15) is 0 Å². The minimum atomic E-state index is 0. The molecule has 0 spiro atoms. The van der Waals surface area contributed by atoms with Crippen molar-refractivity contribution in [3.8, 4) is 0 Å². The first-order valence-corrected chi connectivity index (χ1v) is 5.81. The molecule has 0 aliphatic carbocycles. The molecule has 1 atom stereocenters. The van der Waals surface area contributed by atoms with Crippen LogP contribution >= 0.6 is 24.0 Å². The van der Waals surface area contributed by atoms with Crippen molar-refractivity contribution in [1.82, 2.24) is 10.6 Å². The zero-order valence-electron chi connectivity index (χ0n) is 9.57. The maximum atomic E-state index is 11.7. The summed E-state index contributed by atoms with van der Waals surface area (Å²) in [6.45, 7) is 3.56. The van der Waals surface area contributed by atoms with Crippen LogP contribution in [0.15, 0.2) is 24.3 Å². The van der Waals surface area contributed by atoms with Crippen LogP contribution < -0.4 is 10.6 Å². The van der Waals surface area contributed by atoms with E-state index in [0.29, 0.717) is 5.02 Å². The molecule has 0 aromatic heterocycles. The molecular weight excluding hydrogens is 259 g/mol. The molecule has 0 saturated carbocycles. The van der Waals surface area contributed by atoms with E-state index < -0.39 is 0 Å². The Labute approximate surface area is 112 Å². The number of nitrogens with one attached hydrogen (secondary N) is 2. The highest BCUT2D eigenvalue weighted by Gasteiger charge is 2.25. The normalized spacial score (nSPS) is 16.6. The van der Waals surface area contributed by atoms with E-state index in [-0.39, 0.29) is 30.3 Å². The second-order valence-electron chi connectivity index (χ2n) is 4.14.